The summed E-state index contributed by atoms with van der Waals surface area (Å²) in [6.45, 7) is 4.58. The Bertz CT molecular complexity index is 1040. The summed E-state index contributed by atoms with van der Waals surface area (Å²) in [6, 6.07) is 2.36. The Balaban J connectivity index is 1.24. The number of likely N-dealkylation sites (tertiary alicyclic amines) is 1. The SMILES string of the molecule is C[C@H]1C(=O)N2CCCc3nc(NC4CN(Cc5ccc(C(F)(F)F)nc5)C4)nc(c32)N1C. The van der Waals surface area contributed by atoms with Gasteiger partial charge in [0.15, 0.2) is 5.82 Å². The summed E-state index contributed by atoms with van der Waals surface area (Å²) >= 11 is 0. The molecule has 0 aliphatic carbocycles. The van der Waals surface area contributed by atoms with Gasteiger partial charge in [-0.05, 0) is 31.4 Å². The second-order valence-electron chi connectivity index (χ2n) is 8.63. The highest BCUT2D eigenvalue weighted by molar-refractivity contribution is 6.05. The molecule has 1 fully saturated rings. The maximum absolute atomic E-state index is 12.7. The van der Waals surface area contributed by atoms with Gasteiger partial charge in [-0.15, -0.1) is 0 Å². The van der Waals surface area contributed by atoms with Crippen LogP contribution in [0.4, 0.5) is 30.6 Å². The Hall–Kier alpha value is -2.95. The maximum Gasteiger partial charge on any atom is 0.433 e. The molecule has 0 radical (unpaired) electrons. The van der Waals surface area contributed by atoms with Gasteiger partial charge in [-0.3, -0.25) is 14.7 Å². The smallest absolute Gasteiger partial charge is 0.349 e. The molecule has 1 saturated heterocycles. The predicted molar refractivity (Wildman–Crippen MR) is 112 cm³/mol. The highest BCUT2D eigenvalue weighted by atomic mass is 19.4. The summed E-state index contributed by atoms with van der Waals surface area (Å²) in [7, 11) is 1.88. The average Bonchev–Trinajstić information content (AvgIpc) is 2.74. The minimum absolute atomic E-state index is 0.0812. The number of likely N-dealkylation sites (N-methyl/N-ethyl adjacent to an activating group) is 1. The number of aromatic nitrogens is 3. The molecule has 0 bridgehead atoms. The van der Waals surface area contributed by atoms with Gasteiger partial charge in [0.05, 0.1) is 11.7 Å². The lowest BCUT2D eigenvalue weighted by molar-refractivity contribution is -0.141. The zero-order valence-corrected chi connectivity index (χ0v) is 17.9. The van der Waals surface area contributed by atoms with Crippen molar-refractivity contribution < 1.29 is 18.0 Å². The zero-order chi connectivity index (χ0) is 22.6. The monoisotopic (exact) mass is 447 g/mol. The van der Waals surface area contributed by atoms with Crippen LogP contribution in [0.3, 0.4) is 0 Å². The minimum atomic E-state index is -4.42. The molecule has 5 rings (SSSR count). The van der Waals surface area contributed by atoms with Crippen molar-refractivity contribution in [1.29, 1.82) is 0 Å². The molecule has 3 aliphatic heterocycles. The van der Waals surface area contributed by atoms with Crippen LogP contribution in [-0.4, -0.2) is 64.5 Å². The summed E-state index contributed by atoms with van der Waals surface area (Å²) in [6.07, 6.45) is -1.45. The lowest BCUT2D eigenvalue weighted by Crippen LogP contribution is -2.55. The molecule has 2 aromatic rings. The molecule has 11 heteroatoms. The zero-order valence-electron chi connectivity index (χ0n) is 17.9. The van der Waals surface area contributed by atoms with Crippen molar-refractivity contribution in [2.24, 2.45) is 0 Å². The molecule has 5 heterocycles. The van der Waals surface area contributed by atoms with Crippen molar-refractivity contribution in [2.75, 3.05) is 41.8 Å². The van der Waals surface area contributed by atoms with Crippen molar-refractivity contribution in [2.45, 2.75) is 44.6 Å². The van der Waals surface area contributed by atoms with Gasteiger partial charge in [-0.2, -0.15) is 18.2 Å². The molecule has 0 unspecified atom stereocenters. The van der Waals surface area contributed by atoms with Crippen molar-refractivity contribution in [3.05, 3.63) is 35.3 Å². The highest BCUT2D eigenvalue weighted by Gasteiger charge is 2.39. The van der Waals surface area contributed by atoms with Gasteiger partial charge in [-0.1, -0.05) is 6.07 Å². The first-order valence-electron chi connectivity index (χ1n) is 10.7. The molecule has 170 valence electrons. The van der Waals surface area contributed by atoms with E-state index in [9.17, 15) is 18.0 Å². The molecule has 2 aromatic heterocycles. The number of halogens is 3. The van der Waals surface area contributed by atoms with E-state index in [-0.39, 0.29) is 18.0 Å². The van der Waals surface area contributed by atoms with E-state index in [0.717, 1.165) is 54.8 Å². The van der Waals surface area contributed by atoms with Gasteiger partial charge >= 0.3 is 6.18 Å². The first-order valence-corrected chi connectivity index (χ1v) is 10.7. The number of nitrogens with one attached hydrogen (secondary N) is 1. The lowest BCUT2D eigenvalue weighted by atomic mass is 10.0. The number of carbonyl (C=O) groups excluding carboxylic acids is 1. The molecule has 1 atom stereocenters. The topological polar surface area (TPSA) is 77.5 Å². The Morgan fingerprint density at radius 2 is 2.00 bits per heavy atom. The first-order chi connectivity index (χ1) is 15.2. The highest BCUT2D eigenvalue weighted by Crippen LogP contribution is 2.39. The van der Waals surface area contributed by atoms with Gasteiger partial charge in [0.1, 0.15) is 17.4 Å². The van der Waals surface area contributed by atoms with Crippen LogP contribution < -0.4 is 15.1 Å². The van der Waals surface area contributed by atoms with Crippen molar-refractivity contribution in [1.82, 2.24) is 19.9 Å². The molecule has 3 aliphatic rings. The standard InChI is InChI=1S/C21H24F3N7O/c1-12-19(32)31-7-3-4-15-17(31)18(29(12)2)28-20(27-15)26-14-10-30(11-14)9-13-5-6-16(25-8-13)21(22,23)24/h5-6,8,12,14H,3-4,7,9-11H2,1-2H3,(H,26,27,28)/t12-/m0/s1. The molecular formula is C21H24F3N7O. The second-order valence-corrected chi connectivity index (χ2v) is 8.63. The van der Waals surface area contributed by atoms with Crippen LogP contribution in [0.25, 0.3) is 0 Å². The molecule has 0 saturated carbocycles. The Kier molecular flexibility index (Phi) is 4.95. The third-order valence-electron chi connectivity index (χ3n) is 6.35. The van der Waals surface area contributed by atoms with Crippen LogP contribution in [0, 0.1) is 0 Å². The van der Waals surface area contributed by atoms with Gasteiger partial charge < -0.3 is 15.1 Å². The van der Waals surface area contributed by atoms with E-state index in [4.69, 9.17) is 4.98 Å². The largest absolute Gasteiger partial charge is 0.433 e. The third-order valence-corrected chi connectivity index (χ3v) is 6.35. The van der Waals surface area contributed by atoms with Crippen molar-refractivity contribution in [3.8, 4) is 0 Å². The second kappa shape index (κ2) is 7.58. The lowest BCUT2D eigenvalue weighted by Gasteiger charge is -2.42. The Labute approximate surface area is 183 Å². The number of carbonyl (C=O) groups is 1. The number of anilines is 3. The number of alkyl halides is 3. The molecule has 1 N–H and O–H groups in total. The quantitative estimate of drug-likeness (QED) is 0.771. The normalized spacial score (nSPS) is 21.4. The van der Waals surface area contributed by atoms with Crippen LogP contribution in [0.2, 0.25) is 0 Å². The van der Waals surface area contributed by atoms with Gasteiger partial charge in [-0.25, -0.2) is 4.98 Å². The average molecular weight is 447 g/mol. The summed E-state index contributed by atoms with van der Waals surface area (Å²) in [5, 5.41) is 3.38. The molecule has 0 spiro atoms. The van der Waals surface area contributed by atoms with E-state index in [2.05, 4.69) is 20.2 Å². The third kappa shape index (κ3) is 3.64. The fourth-order valence-electron chi connectivity index (χ4n) is 4.48. The summed E-state index contributed by atoms with van der Waals surface area (Å²) in [5.41, 5.74) is 1.59. The molecule has 1 amide bonds. The van der Waals surface area contributed by atoms with E-state index in [1.807, 2.05) is 23.8 Å². The van der Waals surface area contributed by atoms with Crippen LogP contribution in [0.1, 0.15) is 30.3 Å². The van der Waals surface area contributed by atoms with Crippen LogP contribution in [0.5, 0.6) is 0 Å². The predicted octanol–water partition coefficient (Wildman–Crippen LogP) is 2.30. The number of hydrogen-bond donors (Lipinski definition) is 1. The summed E-state index contributed by atoms with van der Waals surface area (Å²) < 4.78 is 38.0. The van der Waals surface area contributed by atoms with Gasteiger partial charge in [0.25, 0.3) is 0 Å². The molecule has 8 nitrogen and oxygen atoms in total. The summed E-state index contributed by atoms with van der Waals surface area (Å²) in [5.74, 6) is 1.41. The van der Waals surface area contributed by atoms with E-state index in [1.165, 1.54) is 12.3 Å². The fraction of sp³-hybridized carbons (Fsp3) is 0.524. The van der Waals surface area contributed by atoms with Crippen LogP contribution >= 0.6 is 0 Å². The Morgan fingerprint density at radius 3 is 2.69 bits per heavy atom. The molecule has 0 aromatic carbocycles. The van der Waals surface area contributed by atoms with Gasteiger partial charge in [0.2, 0.25) is 11.9 Å². The van der Waals surface area contributed by atoms with E-state index < -0.39 is 11.9 Å². The first kappa shape index (κ1) is 20.9. The number of aryl methyl sites for hydroxylation is 1. The van der Waals surface area contributed by atoms with Crippen LogP contribution in [-0.2, 0) is 23.9 Å². The number of pyridine rings is 1. The summed E-state index contributed by atoms with van der Waals surface area (Å²) in [4.78, 5) is 31.4. The fourth-order valence-corrected chi connectivity index (χ4v) is 4.48. The minimum Gasteiger partial charge on any atom is -0.349 e. The number of nitrogens with zero attached hydrogens (tertiary/aromatic N) is 6. The molecule has 32 heavy (non-hydrogen) atoms. The van der Waals surface area contributed by atoms with E-state index >= 15 is 0 Å². The van der Waals surface area contributed by atoms with Crippen molar-refractivity contribution in [3.63, 3.8) is 0 Å². The van der Waals surface area contributed by atoms with Gasteiger partial charge in [0, 0.05) is 39.4 Å². The Morgan fingerprint density at radius 1 is 1.22 bits per heavy atom. The molecular weight excluding hydrogens is 423 g/mol. The number of hydrogen-bond acceptors (Lipinski definition) is 7. The number of rotatable bonds is 4. The number of amides is 1. The van der Waals surface area contributed by atoms with Crippen LogP contribution in [0.15, 0.2) is 18.3 Å². The maximum atomic E-state index is 12.7. The van der Waals surface area contributed by atoms with E-state index in [0.29, 0.717) is 19.0 Å². The van der Waals surface area contributed by atoms with Crippen molar-refractivity contribution >= 4 is 23.4 Å². The van der Waals surface area contributed by atoms with E-state index in [1.54, 1.807) is 0 Å².